The van der Waals surface area contributed by atoms with Crippen molar-refractivity contribution in [1.29, 1.82) is 0 Å². The zero-order valence-electron chi connectivity index (χ0n) is 19.5. The number of anilines is 1. The molecule has 0 saturated carbocycles. The highest BCUT2D eigenvalue weighted by Gasteiger charge is 2.18. The Morgan fingerprint density at radius 3 is 2.20 bits per heavy atom. The van der Waals surface area contributed by atoms with Gasteiger partial charge in [0.15, 0.2) is 16.6 Å². The van der Waals surface area contributed by atoms with Crippen LogP contribution in [-0.4, -0.2) is 39.3 Å². The van der Waals surface area contributed by atoms with E-state index in [1.807, 2.05) is 24.3 Å². The number of carbonyl (C=O) groups is 1. The number of carbonyl (C=O) groups excluding carboxylic acids is 1. The van der Waals surface area contributed by atoms with E-state index in [1.165, 1.54) is 18.4 Å². The Hall–Kier alpha value is -3.75. The summed E-state index contributed by atoms with van der Waals surface area (Å²) in [6.45, 7) is 0. The first-order chi connectivity index (χ1) is 16.9. The number of nitrogens with zero attached hydrogens (tertiary/aromatic N) is 1. The third-order valence-corrected chi connectivity index (χ3v) is 6.38. The van der Waals surface area contributed by atoms with Gasteiger partial charge in [0.2, 0.25) is 5.75 Å². The molecule has 3 aromatic carbocycles. The molecule has 0 spiro atoms. The number of fused-ring (bicyclic) bond motifs is 1. The molecule has 1 amide bonds. The summed E-state index contributed by atoms with van der Waals surface area (Å²) in [6, 6.07) is 16.2. The van der Waals surface area contributed by atoms with E-state index in [4.69, 9.17) is 30.5 Å². The average molecular weight is 511 g/mol. The number of hydrogen-bond acceptors (Lipinski definition) is 7. The lowest BCUT2D eigenvalue weighted by Gasteiger charge is -2.14. The standard InChI is InChI=1S/C26H23ClN2O5S/c1-31-18-8-5-16(6-9-18)19(11-15-12-21(32-2)24(34-4)22(13-15)33-3)25(30)29-26-28-20-10-7-17(27)14-23(20)35-26/h5-14H,1-4H3,(H,28,29,30)/b19-11+. The summed E-state index contributed by atoms with van der Waals surface area (Å²) in [4.78, 5) is 18.0. The van der Waals surface area contributed by atoms with Gasteiger partial charge < -0.3 is 18.9 Å². The molecule has 35 heavy (non-hydrogen) atoms. The Labute approximate surface area is 211 Å². The van der Waals surface area contributed by atoms with Crippen molar-refractivity contribution in [3.63, 3.8) is 0 Å². The van der Waals surface area contributed by atoms with Gasteiger partial charge in [0.05, 0.1) is 38.7 Å². The fourth-order valence-corrected chi connectivity index (χ4v) is 4.66. The van der Waals surface area contributed by atoms with Gasteiger partial charge in [-0.15, -0.1) is 0 Å². The van der Waals surface area contributed by atoms with Crippen LogP contribution in [0.2, 0.25) is 5.02 Å². The Kier molecular flexibility index (Phi) is 7.43. The molecule has 1 aromatic heterocycles. The second-order valence-electron chi connectivity index (χ2n) is 7.33. The fraction of sp³-hybridized carbons (Fsp3) is 0.154. The molecule has 9 heteroatoms. The Morgan fingerprint density at radius 2 is 1.60 bits per heavy atom. The van der Waals surface area contributed by atoms with Crippen LogP contribution in [0, 0.1) is 0 Å². The minimum absolute atomic E-state index is 0.325. The van der Waals surface area contributed by atoms with E-state index in [1.54, 1.807) is 57.7 Å². The van der Waals surface area contributed by atoms with Crippen LogP contribution in [0.4, 0.5) is 5.13 Å². The largest absolute Gasteiger partial charge is 0.497 e. The summed E-state index contributed by atoms with van der Waals surface area (Å²) in [5.41, 5.74) is 2.56. The Bertz CT molecular complexity index is 1370. The first-order valence-electron chi connectivity index (χ1n) is 10.5. The molecule has 7 nitrogen and oxygen atoms in total. The highest BCUT2D eigenvalue weighted by Crippen LogP contribution is 2.39. The molecule has 1 heterocycles. The monoisotopic (exact) mass is 510 g/mol. The van der Waals surface area contributed by atoms with Gasteiger partial charge in [-0.25, -0.2) is 4.98 Å². The first-order valence-corrected chi connectivity index (χ1v) is 11.7. The number of halogens is 1. The molecule has 180 valence electrons. The normalized spacial score (nSPS) is 11.3. The summed E-state index contributed by atoms with van der Waals surface area (Å²) >= 11 is 7.44. The van der Waals surface area contributed by atoms with Crippen molar-refractivity contribution < 1.29 is 23.7 Å². The van der Waals surface area contributed by atoms with Crippen LogP contribution in [-0.2, 0) is 4.79 Å². The summed E-state index contributed by atoms with van der Waals surface area (Å²) in [5.74, 6) is 1.79. The van der Waals surface area contributed by atoms with Gasteiger partial charge in [0.25, 0.3) is 5.91 Å². The first kappa shape index (κ1) is 24.4. The van der Waals surface area contributed by atoms with Gasteiger partial charge in [-0.1, -0.05) is 35.1 Å². The highest BCUT2D eigenvalue weighted by molar-refractivity contribution is 7.22. The number of thiazole rings is 1. The summed E-state index contributed by atoms with van der Waals surface area (Å²) in [7, 11) is 6.22. The third-order valence-electron chi connectivity index (χ3n) is 5.21. The SMILES string of the molecule is COc1ccc(/C(=C\c2cc(OC)c(OC)c(OC)c2)C(=O)Nc2nc3ccc(Cl)cc3s2)cc1. The minimum atomic E-state index is -0.325. The molecule has 1 N–H and O–H groups in total. The van der Waals surface area contributed by atoms with Gasteiger partial charge in [-0.3, -0.25) is 10.1 Å². The molecule has 0 aliphatic heterocycles. The van der Waals surface area contributed by atoms with E-state index in [0.29, 0.717) is 49.9 Å². The van der Waals surface area contributed by atoms with Crippen LogP contribution >= 0.6 is 22.9 Å². The molecule has 0 radical (unpaired) electrons. The Balaban J connectivity index is 1.77. The summed E-state index contributed by atoms with van der Waals surface area (Å²) in [6.07, 6.45) is 1.76. The summed E-state index contributed by atoms with van der Waals surface area (Å²) in [5, 5.41) is 4.00. The number of benzene rings is 3. The molecule has 0 aliphatic rings. The number of hydrogen-bond donors (Lipinski definition) is 1. The average Bonchev–Trinajstić information content (AvgIpc) is 3.27. The van der Waals surface area contributed by atoms with Gasteiger partial charge in [-0.2, -0.15) is 0 Å². The molecular weight excluding hydrogens is 488 g/mol. The van der Waals surface area contributed by atoms with Crippen LogP contribution in [0.1, 0.15) is 11.1 Å². The molecule has 0 bridgehead atoms. The number of ether oxygens (including phenoxy) is 4. The molecule has 0 fully saturated rings. The number of methoxy groups -OCH3 is 4. The van der Waals surface area contributed by atoms with E-state index >= 15 is 0 Å². The zero-order valence-corrected chi connectivity index (χ0v) is 21.1. The van der Waals surface area contributed by atoms with Crippen molar-refractivity contribution >= 4 is 55.8 Å². The number of rotatable bonds is 8. The van der Waals surface area contributed by atoms with E-state index in [-0.39, 0.29) is 5.91 Å². The lowest BCUT2D eigenvalue weighted by Crippen LogP contribution is -2.13. The maximum atomic E-state index is 13.5. The third kappa shape index (κ3) is 5.34. The molecule has 0 unspecified atom stereocenters. The lowest BCUT2D eigenvalue weighted by molar-refractivity contribution is -0.111. The second-order valence-corrected chi connectivity index (χ2v) is 8.80. The minimum Gasteiger partial charge on any atom is -0.497 e. The van der Waals surface area contributed by atoms with Crippen molar-refractivity contribution in [3.8, 4) is 23.0 Å². The maximum absolute atomic E-state index is 13.5. The van der Waals surface area contributed by atoms with Gasteiger partial charge >= 0.3 is 0 Å². The van der Waals surface area contributed by atoms with Crippen molar-refractivity contribution in [2.24, 2.45) is 0 Å². The van der Waals surface area contributed by atoms with E-state index < -0.39 is 0 Å². The molecule has 4 rings (SSSR count). The number of nitrogens with one attached hydrogen (secondary N) is 1. The van der Waals surface area contributed by atoms with Crippen LogP contribution in [0.15, 0.2) is 54.6 Å². The lowest BCUT2D eigenvalue weighted by atomic mass is 10.0. The molecule has 0 aliphatic carbocycles. The predicted octanol–water partition coefficient (Wildman–Crippen LogP) is 6.16. The van der Waals surface area contributed by atoms with Gasteiger partial charge in [0.1, 0.15) is 5.75 Å². The van der Waals surface area contributed by atoms with Gasteiger partial charge in [0, 0.05) is 10.6 Å². The van der Waals surface area contributed by atoms with Crippen molar-refractivity contribution in [3.05, 3.63) is 70.7 Å². The van der Waals surface area contributed by atoms with E-state index in [0.717, 1.165) is 10.2 Å². The number of amides is 1. The number of aromatic nitrogens is 1. The molecule has 0 atom stereocenters. The van der Waals surface area contributed by atoms with E-state index in [2.05, 4.69) is 10.3 Å². The van der Waals surface area contributed by atoms with Crippen molar-refractivity contribution in [2.75, 3.05) is 33.8 Å². The maximum Gasteiger partial charge on any atom is 0.258 e. The molecular formula is C26H23ClN2O5S. The fourth-order valence-electron chi connectivity index (χ4n) is 3.52. The Morgan fingerprint density at radius 1 is 0.914 bits per heavy atom. The van der Waals surface area contributed by atoms with Crippen molar-refractivity contribution in [1.82, 2.24) is 4.98 Å². The van der Waals surface area contributed by atoms with Crippen LogP contribution in [0.3, 0.4) is 0 Å². The van der Waals surface area contributed by atoms with Crippen LogP contribution in [0.25, 0.3) is 21.9 Å². The van der Waals surface area contributed by atoms with E-state index in [9.17, 15) is 4.79 Å². The van der Waals surface area contributed by atoms with Gasteiger partial charge in [-0.05, 0) is 59.7 Å². The van der Waals surface area contributed by atoms with Crippen LogP contribution in [0.5, 0.6) is 23.0 Å². The molecule has 0 saturated heterocycles. The smallest absolute Gasteiger partial charge is 0.258 e. The predicted molar refractivity (Wildman–Crippen MR) is 140 cm³/mol. The topological polar surface area (TPSA) is 78.9 Å². The highest BCUT2D eigenvalue weighted by atomic mass is 35.5. The summed E-state index contributed by atoms with van der Waals surface area (Å²) < 4.78 is 22.5. The second kappa shape index (κ2) is 10.7. The zero-order chi connectivity index (χ0) is 24.9. The van der Waals surface area contributed by atoms with Crippen LogP contribution < -0.4 is 24.3 Å². The molecule has 4 aromatic rings. The van der Waals surface area contributed by atoms with Crippen molar-refractivity contribution in [2.45, 2.75) is 0 Å². The quantitative estimate of drug-likeness (QED) is 0.226.